The lowest BCUT2D eigenvalue weighted by Gasteiger charge is -2.29. The molecule has 0 spiro atoms. The monoisotopic (exact) mass is 358 g/mol. The quantitative estimate of drug-likeness (QED) is 0.534. The van der Waals surface area contributed by atoms with Gasteiger partial charge in [0.15, 0.2) is 12.1 Å². The normalized spacial score (nSPS) is 11.5. The Morgan fingerprint density at radius 3 is 2.63 bits per heavy atom. The number of hydrogen-bond acceptors (Lipinski definition) is 6. The molecule has 0 aliphatic rings. The van der Waals surface area contributed by atoms with Crippen molar-refractivity contribution in [3.8, 4) is 17.3 Å². The predicted molar refractivity (Wildman–Crippen MR) is 101 cm³/mol. The summed E-state index contributed by atoms with van der Waals surface area (Å²) in [6.07, 6.45) is 6.77. The Bertz CT molecular complexity index is 973. The number of nitrogens with zero attached hydrogens (tertiary/aromatic N) is 4. The number of phenolic OH excluding ortho intramolecular Hbond substituents is 1. The minimum Gasteiger partial charge on any atom is -0.507 e. The zero-order valence-electron chi connectivity index (χ0n) is 14.9. The van der Waals surface area contributed by atoms with Crippen molar-refractivity contribution in [1.29, 1.82) is 0 Å². The number of aromatic nitrogens is 4. The van der Waals surface area contributed by atoms with Crippen LogP contribution in [0.2, 0.25) is 0 Å². The lowest BCUT2D eigenvalue weighted by atomic mass is 9.62. The van der Waals surface area contributed by atoms with Crippen molar-refractivity contribution >= 4 is 22.0 Å². The van der Waals surface area contributed by atoms with Gasteiger partial charge in [-0.25, -0.2) is 9.97 Å². The van der Waals surface area contributed by atoms with Gasteiger partial charge in [0.2, 0.25) is 0 Å². The average molecular weight is 358 g/mol. The maximum absolute atomic E-state index is 11.3. The molecule has 9 heteroatoms. The summed E-state index contributed by atoms with van der Waals surface area (Å²) in [6, 6.07) is 4.35. The first kappa shape index (κ1) is 18.7. The number of aromatic hydroxyl groups is 1. The van der Waals surface area contributed by atoms with Crippen LogP contribution in [0, 0.1) is 0 Å². The van der Waals surface area contributed by atoms with Crippen molar-refractivity contribution < 1.29 is 14.6 Å². The van der Waals surface area contributed by atoms with E-state index >= 15 is 0 Å². The van der Waals surface area contributed by atoms with Gasteiger partial charge in [-0.05, 0) is 12.1 Å². The highest BCUT2D eigenvalue weighted by molar-refractivity contribution is 6.39. The van der Waals surface area contributed by atoms with Crippen LogP contribution in [0.4, 0.5) is 0 Å². The molecule has 0 saturated carbocycles. The van der Waals surface area contributed by atoms with E-state index in [-0.39, 0.29) is 28.7 Å². The number of ether oxygens (including phenoxy) is 1. The number of carbonyl (C=O) groups is 1. The molecule has 0 saturated heterocycles. The van der Waals surface area contributed by atoms with Crippen molar-refractivity contribution in [3.63, 3.8) is 0 Å². The van der Waals surface area contributed by atoms with Gasteiger partial charge in [0.1, 0.15) is 38.7 Å². The first-order valence-corrected chi connectivity index (χ1v) is 8.24. The van der Waals surface area contributed by atoms with Gasteiger partial charge in [0.25, 0.3) is 0 Å². The second-order valence-corrected chi connectivity index (χ2v) is 6.24. The summed E-state index contributed by atoms with van der Waals surface area (Å²) >= 11 is 0. The molecular formula is C18H16B2N4O3. The number of hydrogen-bond donors (Lipinski definition) is 1. The van der Waals surface area contributed by atoms with Crippen LogP contribution in [0.25, 0.3) is 5.82 Å². The van der Waals surface area contributed by atoms with Crippen LogP contribution in [0.3, 0.4) is 0 Å². The first-order chi connectivity index (χ1) is 12.8. The van der Waals surface area contributed by atoms with Crippen LogP contribution in [0.15, 0.2) is 43.0 Å². The molecule has 1 aromatic carbocycles. The van der Waals surface area contributed by atoms with E-state index in [4.69, 9.17) is 20.4 Å². The zero-order valence-corrected chi connectivity index (χ0v) is 14.9. The van der Waals surface area contributed by atoms with Gasteiger partial charge in [-0.2, -0.15) is 0 Å². The summed E-state index contributed by atoms with van der Waals surface area (Å²) in [5.74, 6) is 1.01. The van der Waals surface area contributed by atoms with Crippen LogP contribution in [0.1, 0.15) is 41.6 Å². The summed E-state index contributed by atoms with van der Waals surface area (Å²) in [5.41, 5.74) is 0.0822. The molecule has 0 atom stereocenters. The molecule has 2 aromatic heterocycles. The Balaban J connectivity index is 2.08. The number of phenols is 1. The van der Waals surface area contributed by atoms with Crippen molar-refractivity contribution in [2.45, 2.75) is 25.2 Å². The fourth-order valence-electron chi connectivity index (χ4n) is 2.67. The third-order valence-electron chi connectivity index (χ3n) is 3.90. The molecule has 132 valence electrons. The number of imidazole rings is 1. The van der Waals surface area contributed by atoms with E-state index in [1.807, 2.05) is 13.8 Å². The van der Waals surface area contributed by atoms with E-state index < -0.39 is 5.40 Å². The third kappa shape index (κ3) is 3.58. The van der Waals surface area contributed by atoms with E-state index in [1.165, 1.54) is 30.6 Å². The highest BCUT2D eigenvalue weighted by Gasteiger charge is 2.30. The lowest BCUT2D eigenvalue weighted by Crippen LogP contribution is -2.37. The van der Waals surface area contributed by atoms with Gasteiger partial charge in [-0.15, -0.1) is 0 Å². The molecule has 2 heterocycles. The molecule has 0 bridgehead atoms. The minimum absolute atomic E-state index is 0.0290. The first-order valence-electron chi connectivity index (χ1n) is 8.24. The zero-order chi connectivity index (χ0) is 19.6. The SMILES string of the molecule is [B]C([B])(Oc1cccc(O)c1C=O)c1nccnc1-n1ccnc1C(C)C. The van der Waals surface area contributed by atoms with Crippen LogP contribution in [-0.2, 0) is 5.40 Å². The van der Waals surface area contributed by atoms with E-state index in [0.717, 1.165) is 5.82 Å². The smallest absolute Gasteiger partial charge is 0.162 e. The molecule has 0 aliphatic heterocycles. The van der Waals surface area contributed by atoms with E-state index in [0.29, 0.717) is 12.1 Å². The maximum atomic E-state index is 11.3. The van der Waals surface area contributed by atoms with Gasteiger partial charge in [-0.1, -0.05) is 19.9 Å². The number of benzene rings is 1. The van der Waals surface area contributed by atoms with Crippen LogP contribution in [0.5, 0.6) is 11.5 Å². The van der Waals surface area contributed by atoms with Crippen molar-refractivity contribution in [2.75, 3.05) is 0 Å². The fourth-order valence-corrected chi connectivity index (χ4v) is 2.67. The highest BCUT2D eigenvalue weighted by Crippen LogP contribution is 2.31. The van der Waals surface area contributed by atoms with Crippen LogP contribution >= 0.6 is 0 Å². The molecule has 0 amide bonds. The maximum Gasteiger partial charge on any atom is 0.162 e. The van der Waals surface area contributed by atoms with Gasteiger partial charge in [-0.3, -0.25) is 14.3 Å². The van der Waals surface area contributed by atoms with Gasteiger partial charge >= 0.3 is 0 Å². The molecule has 0 fully saturated rings. The van der Waals surface area contributed by atoms with Gasteiger partial charge in [0, 0.05) is 30.7 Å². The summed E-state index contributed by atoms with van der Waals surface area (Å²) in [5, 5.41) is 7.90. The summed E-state index contributed by atoms with van der Waals surface area (Å²) < 4.78 is 7.39. The molecular weight excluding hydrogens is 342 g/mol. The van der Waals surface area contributed by atoms with Crippen molar-refractivity contribution in [1.82, 2.24) is 19.5 Å². The Morgan fingerprint density at radius 1 is 1.19 bits per heavy atom. The Hall–Kier alpha value is -3.09. The second-order valence-electron chi connectivity index (χ2n) is 6.24. The standard InChI is InChI=1S/C18H16B2N4O3/c1-11(2)16-23-8-9-24(16)17-15(21-6-7-22-17)18(19,20)27-14-5-3-4-13(26)12(14)10-25/h3-11,26H,1-2H3. The van der Waals surface area contributed by atoms with Crippen molar-refractivity contribution in [2.24, 2.45) is 0 Å². The average Bonchev–Trinajstić information content (AvgIpc) is 3.11. The van der Waals surface area contributed by atoms with Gasteiger partial charge in [0.05, 0.1) is 11.0 Å². The van der Waals surface area contributed by atoms with Crippen LogP contribution < -0.4 is 4.74 Å². The van der Waals surface area contributed by atoms with E-state index in [9.17, 15) is 9.90 Å². The Kier molecular flexibility index (Phi) is 5.03. The number of carbonyl (C=O) groups excluding carboxylic acids is 1. The molecule has 0 aliphatic carbocycles. The third-order valence-corrected chi connectivity index (χ3v) is 3.90. The molecule has 27 heavy (non-hydrogen) atoms. The topological polar surface area (TPSA) is 90.1 Å². The second kappa shape index (κ2) is 7.26. The Morgan fingerprint density at radius 2 is 1.93 bits per heavy atom. The van der Waals surface area contributed by atoms with E-state index in [1.54, 1.807) is 17.0 Å². The molecule has 7 nitrogen and oxygen atoms in total. The lowest BCUT2D eigenvalue weighted by molar-refractivity contribution is 0.111. The van der Waals surface area contributed by atoms with E-state index in [2.05, 4.69) is 15.0 Å². The molecule has 3 aromatic rings. The van der Waals surface area contributed by atoms with Crippen molar-refractivity contribution in [3.05, 3.63) is 60.1 Å². The fraction of sp³-hybridized carbons (Fsp3) is 0.222. The Labute approximate surface area is 159 Å². The largest absolute Gasteiger partial charge is 0.507 e. The summed E-state index contributed by atoms with van der Waals surface area (Å²) in [4.78, 5) is 24.2. The number of rotatable bonds is 6. The van der Waals surface area contributed by atoms with Gasteiger partial charge < -0.3 is 9.84 Å². The minimum atomic E-state index is -1.92. The molecule has 0 unspecified atom stereocenters. The highest BCUT2D eigenvalue weighted by atomic mass is 16.5. The molecule has 4 radical (unpaired) electrons. The van der Waals surface area contributed by atoms with Crippen LogP contribution in [-0.4, -0.2) is 46.6 Å². The predicted octanol–water partition coefficient (Wildman–Crippen LogP) is 1.83. The molecule has 1 N–H and O–H groups in total. The summed E-state index contributed by atoms with van der Waals surface area (Å²) in [6.45, 7) is 3.99. The molecule has 3 rings (SSSR count). The summed E-state index contributed by atoms with van der Waals surface area (Å²) in [7, 11) is 12.4. The number of aldehydes is 1.